The number of hydrogen-bond acceptors (Lipinski definition) is 4. The van der Waals surface area contributed by atoms with Crippen LogP contribution in [0.2, 0.25) is 26.2 Å². The van der Waals surface area contributed by atoms with Crippen LogP contribution in [0.15, 0.2) is 182 Å². The molecule has 12 rings (SSSR count). The average molecular weight is 1300 g/mol. The van der Waals surface area contributed by atoms with E-state index in [4.69, 9.17) is 9.47 Å². The third-order valence-corrected chi connectivity index (χ3v) is 27.5. The van der Waals surface area contributed by atoms with Crippen LogP contribution in [0.25, 0.3) is 77.2 Å². The second kappa shape index (κ2) is 25.1. The van der Waals surface area contributed by atoms with Crippen molar-refractivity contribution in [1.29, 1.82) is 0 Å². The molecule has 10 heteroatoms. The highest BCUT2D eigenvalue weighted by atomic mass is 28.3. The Labute approximate surface area is 562 Å². The number of phenolic OH excluding ortho intramolecular Hbond substituents is 2. The van der Waals surface area contributed by atoms with E-state index < -0.39 is 27.8 Å². The Kier molecular flexibility index (Phi) is 17.5. The van der Waals surface area contributed by atoms with Gasteiger partial charge in [0.25, 0.3) is 0 Å². The number of aryl methyl sites for hydroxylation is 4. The summed E-state index contributed by atoms with van der Waals surface area (Å²) in [5.41, 5.74) is 11.8. The van der Waals surface area contributed by atoms with Gasteiger partial charge in [-0.15, -0.1) is 0 Å². The summed E-state index contributed by atoms with van der Waals surface area (Å²) in [5, 5.41) is 35.8. The maximum atomic E-state index is 16.2. The summed E-state index contributed by atoms with van der Waals surface area (Å²) in [4.78, 5) is 0. The van der Waals surface area contributed by atoms with Gasteiger partial charge in [0.05, 0.1) is 46.7 Å². The molecule has 0 spiro atoms. The van der Waals surface area contributed by atoms with Crippen molar-refractivity contribution >= 4 is 80.5 Å². The molecule has 0 aliphatic heterocycles. The number of fused-ring (bicyclic) bond motifs is 6. The van der Waals surface area contributed by atoms with Gasteiger partial charge >= 0.3 is 0 Å². The first-order chi connectivity index (χ1) is 45.0. The molecule has 2 aromatic heterocycles. The first-order valence-electron chi connectivity index (χ1n) is 33.8. The molecule has 0 fully saturated rings. The van der Waals surface area contributed by atoms with Crippen molar-refractivity contribution in [3.8, 4) is 56.6 Å². The molecule has 0 aliphatic rings. The summed E-state index contributed by atoms with van der Waals surface area (Å²) in [6.45, 7) is 35.9. The Morgan fingerprint density at radius 2 is 0.779 bits per heavy atom. The zero-order valence-corrected chi connectivity index (χ0v) is 60.4. The fourth-order valence-electron chi connectivity index (χ4n) is 14.8. The van der Waals surface area contributed by atoms with Crippen LogP contribution in [0.3, 0.4) is 0 Å². The predicted molar refractivity (Wildman–Crippen MR) is 402 cm³/mol. The van der Waals surface area contributed by atoms with Crippen LogP contribution in [0, 0.1) is 44.7 Å². The van der Waals surface area contributed by atoms with Gasteiger partial charge in [0, 0.05) is 43.8 Å². The molecule has 2 heterocycles. The van der Waals surface area contributed by atoms with Crippen LogP contribution in [0.4, 0.5) is 8.78 Å². The highest BCUT2D eigenvalue weighted by molar-refractivity contribution is 7.01. The van der Waals surface area contributed by atoms with Gasteiger partial charge in [0.15, 0.2) is 0 Å². The van der Waals surface area contributed by atoms with Crippen molar-refractivity contribution in [2.75, 3.05) is 13.2 Å². The van der Waals surface area contributed by atoms with Crippen molar-refractivity contribution in [2.24, 2.45) is 5.41 Å². The van der Waals surface area contributed by atoms with E-state index in [0.717, 1.165) is 78.7 Å². The van der Waals surface area contributed by atoms with E-state index >= 15 is 8.78 Å². The predicted octanol–water partition coefficient (Wildman–Crippen LogP) is 20.4. The van der Waals surface area contributed by atoms with E-state index in [2.05, 4.69) is 250 Å². The van der Waals surface area contributed by atoms with Crippen LogP contribution >= 0.6 is 0 Å². The van der Waals surface area contributed by atoms with E-state index in [1.165, 1.54) is 45.0 Å². The van der Waals surface area contributed by atoms with Crippen LogP contribution in [-0.4, -0.2) is 48.7 Å². The minimum absolute atomic E-state index is 0.0322. The number of ether oxygens (including phenoxy) is 2. The molecule has 0 radical (unpaired) electrons. The molecule has 0 unspecified atom stereocenters. The standard InChI is InChI=1S/C85H92F2N2O4Si2/c1-17-84(9,10)57-44-69(79(90)77(46-57)88-73-40-53(2)30-34-65(73)67-36-32-63(50-75(67)88)94(13,14)61-26-20-18-21-27-61)71-48-59(86)42-55(4)81(71)92-38-24-25-39-93-82-56(5)43-60(87)49-72(82)70-45-58(85(11,12)52-83(6,7)8)47-78(80(70)91)89-74-41-54(3)31-35-66(74)68-37-33-64(51-76(68)89)95(15,16)62-28-22-19-23-29-62/h18-23,26-37,40-51,90-91H,17,24-25,38-39,52H2,1-16H3. The van der Waals surface area contributed by atoms with Gasteiger partial charge in [0.1, 0.15) is 50.8 Å². The summed E-state index contributed by atoms with van der Waals surface area (Å²) < 4.78 is 50.4. The molecule has 0 amide bonds. The van der Waals surface area contributed by atoms with Crippen molar-refractivity contribution in [1.82, 2.24) is 9.13 Å². The van der Waals surface area contributed by atoms with Crippen molar-refractivity contribution in [3.63, 3.8) is 0 Å². The average Bonchev–Trinajstić information content (AvgIpc) is 1.61. The highest BCUT2D eigenvalue weighted by Gasteiger charge is 2.34. The van der Waals surface area contributed by atoms with Gasteiger partial charge in [-0.1, -0.05) is 212 Å². The summed E-state index contributed by atoms with van der Waals surface area (Å²) in [7, 11) is -4.38. The molecule has 0 aliphatic carbocycles. The topological polar surface area (TPSA) is 68.8 Å². The van der Waals surface area contributed by atoms with Gasteiger partial charge < -0.3 is 28.8 Å². The summed E-state index contributed by atoms with van der Waals surface area (Å²) in [5.74, 6) is 0.185. The normalized spacial score (nSPS) is 12.7. The number of nitrogens with zero attached hydrogens (tertiary/aromatic N) is 2. The molecule has 10 aromatic carbocycles. The van der Waals surface area contributed by atoms with E-state index in [1.807, 2.05) is 26.0 Å². The number of aromatic hydroxyl groups is 2. The lowest BCUT2D eigenvalue weighted by Crippen LogP contribution is -2.52. The third-order valence-electron chi connectivity index (χ3n) is 20.5. The Balaban J connectivity index is 0.893. The molecule has 12 aromatic rings. The number of halogens is 2. The lowest BCUT2D eigenvalue weighted by molar-refractivity contribution is 0.265. The monoisotopic (exact) mass is 1300 g/mol. The second-order valence-corrected chi connectivity index (χ2v) is 39.2. The fraction of sp³-hybridized carbons (Fsp3) is 0.294. The van der Waals surface area contributed by atoms with Gasteiger partial charge in [-0.25, -0.2) is 8.78 Å². The lowest BCUT2D eigenvalue weighted by Gasteiger charge is -2.34. The molecule has 6 nitrogen and oxygen atoms in total. The molecular weight excluding hydrogens is 1210 g/mol. The van der Waals surface area contributed by atoms with Crippen molar-refractivity contribution in [3.05, 3.63) is 227 Å². The Morgan fingerprint density at radius 3 is 1.16 bits per heavy atom. The van der Waals surface area contributed by atoms with Crippen LogP contribution < -0.4 is 30.2 Å². The van der Waals surface area contributed by atoms with E-state index in [1.54, 1.807) is 0 Å². The molecule has 488 valence electrons. The zero-order chi connectivity index (χ0) is 67.8. The molecular formula is C85H92F2N2O4Si2. The Bertz CT molecular complexity index is 4930. The second-order valence-electron chi connectivity index (χ2n) is 30.4. The Morgan fingerprint density at radius 1 is 0.411 bits per heavy atom. The largest absolute Gasteiger partial charge is 0.505 e. The number of aromatic nitrogens is 2. The first-order valence-corrected chi connectivity index (χ1v) is 39.8. The van der Waals surface area contributed by atoms with Crippen LogP contribution in [-0.2, 0) is 10.8 Å². The number of phenols is 2. The first kappa shape index (κ1) is 66.3. The molecule has 0 bridgehead atoms. The quantitative estimate of drug-likeness (QED) is 0.0625. The molecule has 2 N–H and O–H groups in total. The minimum atomic E-state index is -2.20. The number of hydrogen-bond donors (Lipinski definition) is 2. The molecule has 0 saturated heterocycles. The van der Waals surface area contributed by atoms with E-state index in [0.29, 0.717) is 69.1 Å². The fourth-order valence-corrected chi connectivity index (χ4v) is 19.5. The Hall–Kier alpha value is -8.71. The maximum absolute atomic E-state index is 16.2. The number of rotatable bonds is 19. The number of benzene rings is 10. The van der Waals surface area contributed by atoms with Gasteiger partial charge in [-0.2, -0.15) is 0 Å². The summed E-state index contributed by atoms with van der Waals surface area (Å²) in [6, 6.07) is 62.6. The van der Waals surface area contributed by atoms with Crippen molar-refractivity contribution in [2.45, 2.75) is 146 Å². The lowest BCUT2D eigenvalue weighted by atomic mass is 9.71. The maximum Gasteiger partial charge on any atom is 0.147 e. The van der Waals surface area contributed by atoms with Crippen LogP contribution in [0.1, 0.15) is 114 Å². The van der Waals surface area contributed by atoms with E-state index in [-0.39, 0.29) is 41.0 Å². The van der Waals surface area contributed by atoms with Gasteiger partial charge in [0.2, 0.25) is 0 Å². The van der Waals surface area contributed by atoms with Gasteiger partial charge in [-0.05, 0) is 176 Å². The SMILES string of the molecule is CCC(C)(C)c1cc(-c2cc(F)cc(C)c2OCCCCOc2c(C)cc(F)cc2-c2cc(C(C)(C)CC(C)(C)C)cc(-n3c4cc(C)ccc4c4ccc([Si](C)(C)c5ccccc5)cc43)c2O)c(O)c(-n2c3cc(C)ccc3c3ccc([Si](C)(C)c4ccccc4)cc32)c1. The molecule has 95 heavy (non-hydrogen) atoms. The summed E-state index contributed by atoms with van der Waals surface area (Å²) >= 11 is 0. The molecule has 0 saturated carbocycles. The highest BCUT2D eigenvalue weighted by Crippen LogP contribution is 2.50. The van der Waals surface area contributed by atoms with Gasteiger partial charge in [-0.3, -0.25) is 0 Å². The number of unbranched alkanes of at least 4 members (excludes halogenated alkanes) is 1. The smallest absolute Gasteiger partial charge is 0.147 e. The summed E-state index contributed by atoms with van der Waals surface area (Å²) in [6.07, 6.45) is 2.78. The van der Waals surface area contributed by atoms with E-state index in [9.17, 15) is 10.2 Å². The van der Waals surface area contributed by atoms with Crippen LogP contribution in [0.5, 0.6) is 23.0 Å². The van der Waals surface area contributed by atoms with Crippen molar-refractivity contribution < 1.29 is 28.5 Å². The minimum Gasteiger partial charge on any atom is -0.505 e. The zero-order valence-electron chi connectivity index (χ0n) is 58.4. The third kappa shape index (κ3) is 12.5. The molecule has 0 atom stereocenters.